The monoisotopic (exact) mass is 428 g/mol. The van der Waals surface area contributed by atoms with Gasteiger partial charge in [-0.15, -0.1) is 0 Å². The van der Waals surface area contributed by atoms with E-state index in [-0.39, 0.29) is 25.0 Å². The predicted molar refractivity (Wildman–Crippen MR) is 101 cm³/mol. The minimum absolute atomic E-state index is 0.00121. The summed E-state index contributed by atoms with van der Waals surface area (Å²) in [5, 5.41) is 8.86. The van der Waals surface area contributed by atoms with Crippen molar-refractivity contribution in [2.75, 3.05) is 19.7 Å². The van der Waals surface area contributed by atoms with E-state index in [1.54, 1.807) is 0 Å². The third kappa shape index (κ3) is 3.91. The molecule has 0 aromatic heterocycles. The highest BCUT2D eigenvalue weighted by Crippen LogP contribution is 2.50. The quantitative estimate of drug-likeness (QED) is 0.708. The molecule has 1 aromatic rings. The smallest absolute Gasteiger partial charge is 0.395 e. The first-order valence-electron chi connectivity index (χ1n) is 9.70. The molecule has 0 unspecified atom stereocenters. The fraction of sp³-hybridized carbons (Fsp3) is 0.600. The van der Waals surface area contributed by atoms with Crippen molar-refractivity contribution in [1.82, 2.24) is 9.03 Å². The summed E-state index contributed by atoms with van der Waals surface area (Å²) >= 11 is 0. The van der Waals surface area contributed by atoms with Crippen LogP contribution in [0.4, 0.5) is 13.2 Å². The molecule has 158 valence electrons. The molecule has 1 heterocycles. The van der Waals surface area contributed by atoms with Gasteiger partial charge in [-0.25, -0.2) is 0 Å². The Kier molecular flexibility index (Phi) is 5.18. The van der Waals surface area contributed by atoms with Gasteiger partial charge in [0.05, 0.1) is 12.1 Å². The van der Waals surface area contributed by atoms with E-state index in [9.17, 15) is 21.6 Å². The van der Waals surface area contributed by atoms with Gasteiger partial charge in [-0.2, -0.15) is 30.6 Å². The summed E-state index contributed by atoms with van der Waals surface area (Å²) in [5.41, 5.74) is 2.17. The lowest BCUT2D eigenvalue weighted by molar-refractivity contribution is -0.136. The fourth-order valence-corrected chi connectivity index (χ4v) is 6.85. The molecule has 1 saturated heterocycles. The van der Waals surface area contributed by atoms with E-state index in [0.717, 1.165) is 29.5 Å². The Morgan fingerprint density at radius 1 is 1.21 bits per heavy atom. The minimum atomic E-state index is -4.57. The molecule has 1 spiro atoms. The molecule has 0 amide bonds. The maximum atomic E-state index is 12.9. The lowest BCUT2D eigenvalue weighted by Crippen LogP contribution is -2.52. The van der Waals surface area contributed by atoms with Gasteiger partial charge in [0, 0.05) is 18.5 Å². The van der Waals surface area contributed by atoms with Crippen LogP contribution in [0.5, 0.6) is 0 Å². The number of halogens is 3. The zero-order valence-corrected chi connectivity index (χ0v) is 16.6. The maximum absolute atomic E-state index is 12.9. The molecule has 1 aromatic carbocycles. The largest absolute Gasteiger partial charge is 0.402 e. The number of rotatable bonds is 2. The lowest BCUT2D eigenvalue weighted by Gasteiger charge is -2.33. The van der Waals surface area contributed by atoms with Gasteiger partial charge in [-0.1, -0.05) is 17.9 Å². The zero-order chi connectivity index (χ0) is 20.9. The van der Waals surface area contributed by atoms with Crippen LogP contribution in [-0.4, -0.2) is 49.2 Å². The molecule has 5 nitrogen and oxygen atoms in total. The van der Waals surface area contributed by atoms with E-state index in [1.807, 2.05) is 18.2 Å². The summed E-state index contributed by atoms with van der Waals surface area (Å²) in [6.45, 7) is -1.60. The second-order valence-electron chi connectivity index (χ2n) is 8.17. The highest BCUT2D eigenvalue weighted by molar-refractivity contribution is 7.87. The summed E-state index contributed by atoms with van der Waals surface area (Å²) in [5.74, 6) is 5.81. The van der Waals surface area contributed by atoms with Gasteiger partial charge in [-0.05, 0) is 60.8 Å². The molecule has 4 rings (SSSR count). The molecule has 2 N–H and O–H groups in total. The van der Waals surface area contributed by atoms with E-state index in [0.29, 0.717) is 23.6 Å². The van der Waals surface area contributed by atoms with Crippen LogP contribution in [-0.2, 0) is 23.1 Å². The maximum Gasteiger partial charge on any atom is 0.402 e. The SMILES string of the molecule is O=S1(=O)N[C@@]2(CN1CC(F)(F)F)[C@@H]1CC[C@H]2Cc2ccc(C#CCCO)cc2C1. The van der Waals surface area contributed by atoms with Crippen molar-refractivity contribution < 1.29 is 26.7 Å². The van der Waals surface area contributed by atoms with Crippen LogP contribution < -0.4 is 4.72 Å². The van der Waals surface area contributed by atoms with Crippen molar-refractivity contribution in [3.8, 4) is 11.8 Å². The molecular formula is C20H23F3N2O3S. The molecule has 1 saturated carbocycles. The highest BCUT2D eigenvalue weighted by Gasteiger charge is 2.60. The minimum Gasteiger partial charge on any atom is -0.395 e. The van der Waals surface area contributed by atoms with Crippen molar-refractivity contribution >= 4 is 10.2 Å². The van der Waals surface area contributed by atoms with Crippen molar-refractivity contribution in [2.24, 2.45) is 11.8 Å². The molecule has 0 radical (unpaired) electrons. The Morgan fingerprint density at radius 3 is 2.55 bits per heavy atom. The standard InChI is InChI=1S/C20H23F3N2O3S/c21-20(22,23)13-25-12-19(24-29(25,27)28)17-6-7-18(19)11-16-9-14(3-1-2-8-26)4-5-15(16)10-17/h4-5,9,17-18,24,26H,2,6-8,10-13H2/t17-,18+,19+/m0/s1. The van der Waals surface area contributed by atoms with Crippen molar-refractivity contribution in [2.45, 2.75) is 43.8 Å². The summed E-state index contributed by atoms with van der Waals surface area (Å²) < 4.78 is 67.0. The van der Waals surface area contributed by atoms with Crippen molar-refractivity contribution in [3.63, 3.8) is 0 Å². The molecule has 9 heteroatoms. The second kappa shape index (κ2) is 7.27. The number of aliphatic hydroxyl groups excluding tert-OH is 1. The van der Waals surface area contributed by atoms with E-state index in [2.05, 4.69) is 16.6 Å². The Labute approximate surface area is 168 Å². The van der Waals surface area contributed by atoms with Gasteiger partial charge in [0.25, 0.3) is 10.2 Å². The molecule has 1 aliphatic heterocycles. The Balaban J connectivity index is 1.63. The van der Waals surface area contributed by atoms with Gasteiger partial charge < -0.3 is 5.11 Å². The first kappa shape index (κ1) is 20.7. The summed E-state index contributed by atoms with van der Waals surface area (Å²) in [7, 11) is -4.16. The van der Waals surface area contributed by atoms with Gasteiger partial charge in [-0.3, -0.25) is 0 Å². The Morgan fingerprint density at radius 2 is 1.90 bits per heavy atom. The number of hydrogen-bond acceptors (Lipinski definition) is 3. The third-order valence-corrected chi connectivity index (χ3v) is 7.96. The second-order valence-corrected chi connectivity index (χ2v) is 9.84. The number of hydrogen-bond donors (Lipinski definition) is 2. The van der Waals surface area contributed by atoms with Gasteiger partial charge in [0.2, 0.25) is 0 Å². The van der Waals surface area contributed by atoms with E-state index < -0.39 is 28.5 Å². The average Bonchev–Trinajstić information content (AvgIpc) is 2.99. The summed E-state index contributed by atoms with van der Waals surface area (Å²) in [4.78, 5) is 0. The van der Waals surface area contributed by atoms with Crippen LogP contribution in [0.25, 0.3) is 0 Å². The molecule has 2 aliphatic carbocycles. The molecule has 3 atom stereocenters. The topological polar surface area (TPSA) is 69.6 Å². The number of nitrogens with zero attached hydrogens (tertiary/aromatic N) is 1. The van der Waals surface area contributed by atoms with Crippen LogP contribution >= 0.6 is 0 Å². The predicted octanol–water partition coefficient (Wildman–Crippen LogP) is 2.00. The number of fused-ring (bicyclic) bond motifs is 1. The van der Waals surface area contributed by atoms with Gasteiger partial charge >= 0.3 is 6.18 Å². The van der Waals surface area contributed by atoms with Crippen LogP contribution in [0.1, 0.15) is 36.0 Å². The first-order valence-corrected chi connectivity index (χ1v) is 11.1. The summed E-state index contributed by atoms with van der Waals surface area (Å²) in [6.07, 6.45) is -1.35. The Bertz CT molecular complexity index is 967. The molecule has 3 aliphatic rings. The fourth-order valence-electron chi connectivity index (χ4n) is 5.14. The van der Waals surface area contributed by atoms with Crippen LogP contribution in [0.3, 0.4) is 0 Å². The number of benzene rings is 1. The zero-order valence-electron chi connectivity index (χ0n) is 15.8. The third-order valence-electron chi connectivity index (χ3n) is 6.38. The molecular weight excluding hydrogens is 405 g/mol. The van der Waals surface area contributed by atoms with Crippen LogP contribution in [0.2, 0.25) is 0 Å². The van der Waals surface area contributed by atoms with E-state index >= 15 is 0 Å². The lowest BCUT2D eigenvalue weighted by atomic mass is 9.79. The van der Waals surface area contributed by atoms with Gasteiger partial charge in [0.15, 0.2) is 0 Å². The summed E-state index contributed by atoms with van der Waals surface area (Å²) in [6, 6.07) is 5.89. The van der Waals surface area contributed by atoms with Crippen molar-refractivity contribution in [3.05, 3.63) is 34.9 Å². The first-order chi connectivity index (χ1) is 13.6. The normalized spacial score (nSPS) is 30.6. The number of alkyl halides is 3. The molecule has 2 fully saturated rings. The number of nitrogens with one attached hydrogen (secondary N) is 1. The van der Waals surface area contributed by atoms with E-state index in [1.165, 1.54) is 0 Å². The Hall–Kier alpha value is -1.60. The average molecular weight is 428 g/mol. The molecule has 2 bridgehead atoms. The van der Waals surface area contributed by atoms with Crippen LogP contribution in [0, 0.1) is 23.7 Å². The van der Waals surface area contributed by atoms with E-state index in [4.69, 9.17) is 5.11 Å². The molecule has 29 heavy (non-hydrogen) atoms. The highest BCUT2D eigenvalue weighted by atomic mass is 32.2. The van der Waals surface area contributed by atoms with Crippen LogP contribution in [0.15, 0.2) is 18.2 Å². The number of aliphatic hydroxyl groups is 1. The van der Waals surface area contributed by atoms with Gasteiger partial charge in [0.1, 0.15) is 6.54 Å². The van der Waals surface area contributed by atoms with Crippen molar-refractivity contribution in [1.29, 1.82) is 0 Å².